The van der Waals surface area contributed by atoms with Crippen molar-refractivity contribution in [2.24, 2.45) is 5.84 Å². The minimum absolute atomic E-state index is 0.0566. The smallest absolute Gasteiger partial charge is 0.340 e. The highest BCUT2D eigenvalue weighted by molar-refractivity contribution is 6.29. The van der Waals surface area contributed by atoms with E-state index in [2.05, 4.69) is 6.07 Å². The van der Waals surface area contributed by atoms with E-state index in [1.54, 1.807) is 41.8 Å². The summed E-state index contributed by atoms with van der Waals surface area (Å²) in [5.74, 6) is 4.98. The van der Waals surface area contributed by atoms with Crippen LogP contribution in [0.2, 0.25) is 0 Å². The molecule has 0 saturated heterocycles. The Hall–Kier alpha value is -3.02. The Morgan fingerprint density at radius 1 is 1.37 bits per heavy atom. The third-order valence-electron chi connectivity index (χ3n) is 4.83. The summed E-state index contributed by atoms with van der Waals surface area (Å²) in [6.07, 6.45) is -0.641. The summed E-state index contributed by atoms with van der Waals surface area (Å²) in [6.45, 7) is 2.13. The summed E-state index contributed by atoms with van der Waals surface area (Å²) in [5, 5.41) is 11.5. The van der Waals surface area contributed by atoms with Crippen molar-refractivity contribution < 1.29 is 18.0 Å². The SMILES string of the molecule is CCn1c(-c2cccc(N(N)C(=O)CCl)c2)c(C#N)c2c1=CC(C(F)(F)F)=CCC=2. The van der Waals surface area contributed by atoms with E-state index < -0.39 is 17.7 Å². The molecule has 0 atom stereocenters. The van der Waals surface area contributed by atoms with Crippen molar-refractivity contribution in [2.45, 2.75) is 26.1 Å². The first-order valence-electron chi connectivity index (χ1n) is 9.08. The Labute approximate surface area is 175 Å². The molecule has 156 valence electrons. The maximum Gasteiger partial charge on any atom is 0.416 e. The molecule has 0 saturated carbocycles. The molecule has 0 spiro atoms. The predicted molar refractivity (Wildman–Crippen MR) is 110 cm³/mol. The number of fused-ring (bicyclic) bond motifs is 1. The first-order valence-corrected chi connectivity index (χ1v) is 9.62. The van der Waals surface area contributed by atoms with Crippen molar-refractivity contribution in [1.29, 1.82) is 5.26 Å². The molecule has 1 amide bonds. The van der Waals surface area contributed by atoms with E-state index in [9.17, 15) is 23.2 Å². The number of aromatic nitrogens is 1. The number of carbonyl (C=O) groups excluding carboxylic acids is 1. The van der Waals surface area contributed by atoms with Crippen LogP contribution in [0.1, 0.15) is 18.9 Å². The zero-order chi connectivity index (χ0) is 22.1. The Bertz CT molecular complexity index is 1190. The average Bonchev–Trinajstić information content (AvgIpc) is 2.86. The molecule has 1 aliphatic carbocycles. The number of rotatable bonds is 4. The molecule has 0 radical (unpaired) electrons. The second-order valence-corrected chi connectivity index (χ2v) is 6.83. The third-order valence-corrected chi connectivity index (χ3v) is 5.06. The summed E-state index contributed by atoms with van der Waals surface area (Å²) in [7, 11) is 0. The van der Waals surface area contributed by atoms with Crippen molar-refractivity contribution in [2.75, 3.05) is 10.9 Å². The van der Waals surface area contributed by atoms with Crippen LogP contribution in [0.5, 0.6) is 0 Å². The van der Waals surface area contributed by atoms with Crippen LogP contribution < -0.4 is 21.4 Å². The molecule has 0 bridgehead atoms. The van der Waals surface area contributed by atoms with Gasteiger partial charge < -0.3 is 4.57 Å². The van der Waals surface area contributed by atoms with Gasteiger partial charge >= 0.3 is 6.18 Å². The molecule has 2 N–H and O–H groups in total. The van der Waals surface area contributed by atoms with Crippen molar-refractivity contribution >= 4 is 35.3 Å². The lowest BCUT2D eigenvalue weighted by molar-refractivity contribution is -0.116. The highest BCUT2D eigenvalue weighted by Crippen LogP contribution is 2.29. The lowest BCUT2D eigenvalue weighted by Gasteiger charge is -2.17. The third kappa shape index (κ3) is 3.86. The van der Waals surface area contributed by atoms with Crippen LogP contribution in [0.3, 0.4) is 0 Å². The standard InChI is InChI=1S/C21H18ClF3N4O/c1-2-28-18-10-14(21(23,24)25)6-4-8-16(18)17(12-26)20(28)13-5-3-7-15(9-13)29(27)19(30)11-22/h3,5-10H,2,4,11,27H2,1H3. The minimum atomic E-state index is -4.49. The summed E-state index contributed by atoms with van der Waals surface area (Å²) >= 11 is 5.56. The predicted octanol–water partition coefficient (Wildman–Crippen LogP) is 2.95. The fraction of sp³-hybridized carbons (Fsp3) is 0.238. The molecule has 0 fully saturated rings. The molecule has 0 aliphatic heterocycles. The highest BCUT2D eigenvalue weighted by Gasteiger charge is 2.32. The number of nitrogens with two attached hydrogens (primary N) is 1. The summed E-state index contributed by atoms with van der Waals surface area (Å²) < 4.78 is 41.8. The molecule has 3 rings (SSSR count). The molecule has 5 nitrogen and oxygen atoms in total. The van der Waals surface area contributed by atoms with Crippen LogP contribution >= 0.6 is 11.6 Å². The van der Waals surface area contributed by atoms with E-state index in [1.807, 2.05) is 0 Å². The molecule has 1 heterocycles. The number of halogens is 4. The van der Waals surface area contributed by atoms with Gasteiger partial charge in [-0.3, -0.25) is 4.79 Å². The molecular weight excluding hydrogens is 417 g/mol. The maximum absolute atomic E-state index is 13.4. The van der Waals surface area contributed by atoms with Gasteiger partial charge in [0.25, 0.3) is 5.91 Å². The van der Waals surface area contributed by atoms with E-state index in [0.29, 0.717) is 34.1 Å². The quantitative estimate of drug-likeness (QED) is 0.348. The monoisotopic (exact) mass is 434 g/mol. The van der Waals surface area contributed by atoms with Crippen LogP contribution in [0, 0.1) is 11.3 Å². The lowest BCUT2D eigenvalue weighted by Crippen LogP contribution is -2.38. The van der Waals surface area contributed by atoms with Gasteiger partial charge in [-0.2, -0.15) is 18.4 Å². The van der Waals surface area contributed by atoms with E-state index in [4.69, 9.17) is 17.4 Å². The van der Waals surface area contributed by atoms with Gasteiger partial charge in [-0.1, -0.05) is 24.3 Å². The minimum Gasteiger partial charge on any atom is -0.340 e. The van der Waals surface area contributed by atoms with Crippen molar-refractivity contribution in [3.05, 3.63) is 52.0 Å². The fourth-order valence-corrected chi connectivity index (χ4v) is 3.61. The number of alkyl halides is 4. The van der Waals surface area contributed by atoms with Gasteiger partial charge in [-0.05, 0) is 31.6 Å². The molecular formula is C21H18ClF3N4O. The summed E-state index contributed by atoms with van der Waals surface area (Å²) in [6, 6.07) is 8.71. The number of hydrogen-bond donors (Lipinski definition) is 1. The number of hydrazine groups is 1. The van der Waals surface area contributed by atoms with Crippen LogP contribution in [0.15, 0.2) is 35.9 Å². The topological polar surface area (TPSA) is 75.0 Å². The number of nitrogens with zero attached hydrogens (tertiary/aromatic N) is 3. The summed E-state index contributed by atoms with van der Waals surface area (Å²) in [5.41, 5.74) is 0.884. The summed E-state index contributed by atoms with van der Waals surface area (Å²) in [4.78, 5) is 11.8. The normalized spacial score (nSPS) is 13.3. The molecule has 9 heteroatoms. The largest absolute Gasteiger partial charge is 0.416 e. The number of allylic oxidation sites excluding steroid dienone is 2. The lowest BCUT2D eigenvalue weighted by atomic mass is 10.1. The zero-order valence-electron chi connectivity index (χ0n) is 16.0. The molecule has 30 heavy (non-hydrogen) atoms. The Balaban J connectivity index is 2.30. The maximum atomic E-state index is 13.4. The molecule has 1 aromatic carbocycles. The van der Waals surface area contributed by atoms with Gasteiger partial charge in [0.05, 0.1) is 27.9 Å². The second-order valence-electron chi connectivity index (χ2n) is 6.57. The van der Waals surface area contributed by atoms with Crippen LogP contribution in [-0.2, 0) is 11.3 Å². The highest BCUT2D eigenvalue weighted by atomic mass is 35.5. The van der Waals surface area contributed by atoms with Crippen LogP contribution in [0.25, 0.3) is 23.4 Å². The Morgan fingerprint density at radius 2 is 2.10 bits per heavy atom. The van der Waals surface area contributed by atoms with Gasteiger partial charge in [0.1, 0.15) is 11.9 Å². The van der Waals surface area contributed by atoms with Gasteiger partial charge in [0.15, 0.2) is 0 Å². The number of hydrogen-bond acceptors (Lipinski definition) is 3. The number of nitriles is 1. The van der Waals surface area contributed by atoms with E-state index in [-0.39, 0.29) is 17.9 Å². The first-order chi connectivity index (χ1) is 14.2. The second kappa shape index (κ2) is 8.38. The Kier molecular flexibility index (Phi) is 6.06. The van der Waals surface area contributed by atoms with E-state index in [0.717, 1.165) is 17.2 Å². The first kappa shape index (κ1) is 21.7. The molecule has 1 aromatic heterocycles. The van der Waals surface area contributed by atoms with Crippen molar-refractivity contribution in [3.63, 3.8) is 0 Å². The Morgan fingerprint density at radius 3 is 2.70 bits per heavy atom. The van der Waals surface area contributed by atoms with Crippen LogP contribution in [0.4, 0.5) is 18.9 Å². The van der Waals surface area contributed by atoms with E-state index in [1.165, 1.54) is 0 Å². The number of carbonyl (C=O) groups is 1. The molecule has 1 aliphatic rings. The van der Waals surface area contributed by atoms with Gasteiger partial charge in [-0.25, -0.2) is 10.9 Å². The number of benzene rings is 1. The molecule has 2 aromatic rings. The molecule has 0 unspecified atom stereocenters. The van der Waals surface area contributed by atoms with Gasteiger partial charge in [0.2, 0.25) is 0 Å². The van der Waals surface area contributed by atoms with Gasteiger partial charge in [0, 0.05) is 17.3 Å². The number of anilines is 1. The van der Waals surface area contributed by atoms with Crippen molar-refractivity contribution in [3.8, 4) is 17.3 Å². The number of amides is 1. The van der Waals surface area contributed by atoms with Crippen molar-refractivity contribution in [1.82, 2.24) is 4.57 Å². The van der Waals surface area contributed by atoms with E-state index >= 15 is 0 Å². The van der Waals surface area contributed by atoms with Gasteiger partial charge in [-0.15, -0.1) is 11.6 Å². The zero-order valence-corrected chi connectivity index (χ0v) is 16.8. The average molecular weight is 435 g/mol. The fourth-order valence-electron chi connectivity index (χ4n) is 3.48. The van der Waals surface area contributed by atoms with Crippen LogP contribution in [-0.4, -0.2) is 22.5 Å².